The molecule has 1 saturated carbocycles. The standard InChI is InChI=1S/C30H37N5O2/c1-33-20-32-29(31)28-27(23-9-5-11-26(15-23)37-19-21-7-3-2-4-8-21)17-35(30(28)33)25-13-22(14-25)16-34-12-6-10-24(34)18-36/h2-5,7-9,11,15,17,22,24-25,36H,6,10,12-14,16,18-20H2,1H3,(H2,31,32)/t22?,24-,25?/m1/s1. The van der Waals surface area contributed by atoms with E-state index in [0.717, 1.165) is 66.2 Å². The van der Waals surface area contributed by atoms with Crippen LogP contribution in [0.5, 0.6) is 5.75 Å². The minimum atomic E-state index is 0.280. The second-order valence-corrected chi connectivity index (χ2v) is 10.8. The number of nitrogens with zero attached hydrogens (tertiary/aromatic N) is 4. The molecule has 1 aliphatic carbocycles. The molecule has 7 nitrogen and oxygen atoms in total. The Morgan fingerprint density at radius 2 is 1.95 bits per heavy atom. The number of hydrogen-bond acceptors (Lipinski definition) is 6. The molecule has 0 bridgehead atoms. The summed E-state index contributed by atoms with van der Waals surface area (Å²) in [5.74, 6) is 3.29. The predicted molar refractivity (Wildman–Crippen MR) is 148 cm³/mol. The van der Waals surface area contributed by atoms with Gasteiger partial charge in [-0.2, -0.15) is 0 Å². The van der Waals surface area contributed by atoms with Gasteiger partial charge in [-0.05, 0) is 61.4 Å². The number of aliphatic hydroxyl groups is 1. The highest BCUT2D eigenvalue weighted by molar-refractivity contribution is 6.09. The third-order valence-corrected chi connectivity index (χ3v) is 8.28. The lowest BCUT2D eigenvalue weighted by molar-refractivity contribution is 0.0963. The molecule has 3 aliphatic rings. The molecular formula is C30H37N5O2. The van der Waals surface area contributed by atoms with Crippen LogP contribution in [-0.4, -0.2) is 59.9 Å². The Morgan fingerprint density at radius 3 is 2.76 bits per heavy atom. The summed E-state index contributed by atoms with van der Waals surface area (Å²) >= 11 is 0. The lowest BCUT2D eigenvalue weighted by Gasteiger charge is -2.41. The van der Waals surface area contributed by atoms with Crippen LogP contribution in [0.2, 0.25) is 0 Å². The van der Waals surface area contributed by atoms with E-state index < -0.39 is 0 Å². The van der Waals surface area contributed by atoms with Gasteiger partial charge in [-0.15, -0.1) is 0 Å². The van der Waals surface area contributed by atoms with Crippen molar-refractivity contribution in [1.82, 2.24) is 9.47 Å². The minimum Gasteiger partial charge on any atom is -0.489 e. The van der Waals surface area contributed by atoms with E-state index in [2.05, 4.69) is 56.9 Å². The van der Waals surface area contributed by atoms with E-state index in [4.69, 9.17) is 10.5 Å². The van der Waals surface area contributed by atoms with Crippen LogP contribution < -0.4 is 15.4 Å². The van der Waals surface area contributed by atoms with Crippen molar-refractivity contribution >= 4 is 11.7 Å². The normalized spacial score (nSPS) is 23.5. The van der Waals surface area contributed by atoms with Crippen molar-refractivity contribution in [3.63, 3.8) is 0 Å². The first kappa shape index (κ1) is 24.1. The molecule has 7 heteroatoms. The van der Waals surface area contributed by atoms with E-state index in [-0.39, 0.29) is 6.61 Å². The van der Waals surface area contributed by atoms with Gasteiger partial charge < -0.3 is 25.0 Å². The summed E-state index contributed by atoms with van der Waals surface area (Å²) in [4.78, 5) is 9.30. The monoisotopic (exact) mass is 499 g/mol. The van der Waals surface area contributed by atoms with Crippen LogP contribution in [0.4, 0.5) is 5.82 Å². The first-order valence-corrected chi connectivity index (χ1v) is 13.5. The van der Waals surface area contributed by atoms with E-state index in [1.807, 2.05) is 30.3 Å². The third-order valence-electron chi connectivity index (χ3n) is 8.28. The van der Waals surface area contributed by atoms with Gasteiger partial charge in [0.1, 0.15) is 30.7 Å². The molecule has 2 aromatic carbocycles. The molecule has 37 heavy (non-hydrogen) atoms. The second kappa shape index (κ2) is 10.2. The summed E-state index contributed by atoms with van der Waals surface area (Å²) in [5.41, 5.74) is 10.9. The Balaban J connectivity index is 1.24. The van der Waals surface area contributed by atoms with Crippen molar-refractivity contribution in [2.24, 2.45) is 16.6 Å². The van der Waals surface area contributed by atoms with Gasteiger partial charge in [0.15, 0.2) is 0 Å². The number of rotatable bonds is 8. The number of anilines is 1. The van der Waals surface area contributed by atoms with Crippen molar-refractivity contribution in [1.29, 1.82) is 0 Å². The van der Waals surface area contributed by atoms with Gasteiger partial charge in [0.25, 0.3) is 0 Å². The zero-order valence-electron chi connectivity index (χ0n) is 21.6. The van der Waals surface area contributed by atoms with E-state index in [0.29, 0.717) is 37.1 Å². The van der Waals surface area contributed by atoms with Crippen LogP contribution in [0.15, 0.2) is 65.8 Å². The Labute approximate surface area is 219 Å². The average Bonchev–Trinajstić information content (AvgIpc) is 3.53. The maximum absolute atomic E-state index is 9.70. The third kappa shape index (κ3) is 4.74. The number of nitrogens with two attached hydrogens (primary N) is 1. The number of hydrogen-bond donors (Lipinski definition) is 2. The smallest absolute Gasteiger partial charge is 0.132 e. The number of aliphatic hydroxyl groups excluding tert-OH is 1. The van der Waals surface area contributed by atoms with Crippen LogP contribution in [0, 0.1) is 5.92 Å². The molecule has 2 fully saturated rings. The molecule has 0 unspecified atom stereocenters. The number of amidine groups is 1. The molecule has 0 amide bonds. The lowest BCUT2D eigenvalue weighted by atomic mass is 9.79. The summed E-state index contributed by atoms with van der Waals surface area (Å²) in [7, 11) is 2.10. The van der Waals surface area contributed by atoms with Crippen molar-refractivity contribution in [3.05, 3.63) is 71.9 Å². The molecule has 1 saturated heterocycles. The summed E-state index contributed by atoms with van der Waals surface area (Å²) in [6, 6.07) is 19.3. The van der Waals surface area contributed by atoms with Crippen molar-refractivity contribution in [2.45, 2.75) is 44.4 Å². The van der Waals surface area contributed by atoms with Crippen molar-refractivity contribution in [3.8, 4) is 16.9 Å². The molecular weight excluding hydrogens is 462 g/mol. The zero-order valence-corrected chi connectivity index (χ0v) is 21.6. The summed E-state index contributed by atoms with van der Waals surface area (Å²) in [5, 5.41) is 9.70. The topological polar surface area (TPSA) is 79.2 Å². The molecule has 3 aromatic rings. The number of fused-ring (bicyclic) bond motifs is 1. The van der Waals surface area contributed by atoms with Crippen LogP contribution in [0.25, 0.3) is 11.1 Å². The maximum atomic E-state index is 9.70. The first-order valence-electron chi connectivity index (χ1n) is 13.5. The number of benzene rings is 2. The Bertz CT molecular complexity index is 1260. The van der Waals surface area contributed by atoms with Gasteiger partial charge >= 0.3 is 0 Å². The van der Waals surface area contributed by atoms with Gasteiger partial charge in [-0.3, -0.25) is 4.90 Å². The molecule has 0 spiro atoms. The molecule has 194 valence electrons. The fourth-order valence-electron chi connectivity index (χ4n) is 6.23. The van der Waals surface area contributed by atoms with Gasteiger partial charge in [-0.1, -0.05) is 42.5 Å². The van der Waals surface area contributed by atoms with Gasteiger partial charge in [0.05, 0.1) is 12.2 Å². The van der Waals surface area contributed by atoms with Gasteiger partial charge in [0, 0.05) is 37.4 Å². The van der Waals surface area contributed by atoms with E-state index in [1.165, 1.54) is 6.42 Å². The van der Waals surface area contributed by atoms with E-state index in [1.54, 1.807) is 0 Å². The summed E-state index contributed by atoms with van der Waals surface area (Å²) < 4.78 is 8.57. The number of aromatic nitrogens is 1. The quantitative estimate of drug-likeness (QED) is 0.484. The molecule has 1 atom stereocenters. The second-order valence-electron chi connectivity index (χ2n) is 10.8. The van der Waals surface area contributed by atoms with Gasteiger partial charge in [0.2, 0.25) is 0 Å². The zero-order chi connectivity index (χ0) is 25.4. The molecule has 2 aliphatic heterocycles. The largest absolute Gasteiger partial charge is 0.489 e. The van der Waals surface area contributed by atoms with Crippen LogP contribution in [-0.2, 0) is 6.61 Å². The predicted octanol–water partition coefficient (Wildman–Crippen LogP) is 4.25. The Morgan fingerprint density at radius 1 is 1.11 bits per heavy atom. The Kier molecular flexibility index (Phi) is 6.65. The highest BCUT2D eigenvalue weighted by atomic mass is 16.5. The van der Waals surface area contributed by atoms with E-state index >= 15 is 0 Å². The average molecular weight is 500 g/mol. The fraction of sp³-hybridized carbons (Fsp3) is 0.433. The lowest BCUT2D eigenvalue weighted by Crippen LogP contribution is -2.41. The van der Waals surface area contributed by atoms with E-state index in [9.17, 15) is 5.11 Å². The number of aliphatic imine (C=N–C) groups is 1. The van der Waals surface area contributed by atoms with Crippen LogP contribution in [0.1, 0.15) is 42.9 Å². The highest BCUT2D eigenvalue weighted by Crippen LogP contribution is 2.45. The summed E-state index contributed by atoms with van der Waals surface area (Å²) in [6.45, 7) is 3.60. The molecule has 3 heterocycles. The molecule has 0 radical (unpaired) electrons. The van der Waals surface area contributed by atoms with Gasteiger partial charge in [-0.25, -0.2) is 4.99 Å². The van der Waals surface area contributed by atoms with Crippen molar-refractivity contribution < 1.29 is 9.84 Å². The highest BCUT2D eigenvalue weighted by Gasteiger charge is 2.37. The number of ether oxygens (including phenoxy) is 1. The maximum Gasteiger partial charge on any atom is 0.132 e. The fourth-order valence-corrected chi connectivity index (χ4v) is 6.23. The summed E-state index contributed by atoms with van der Waals surface area (Å²) in [6.07, 6.45) is 6.91. The Hall–Kier alpha value is -3.29. The van der Waals surface area contributed by atoms with Crippen LogP contribution in [0.3, 0.4) is 0 Å². The first-order chi connectivity index (χ1) is 18.1. The molecule has 3 N–H and O–H groups in total. The number of likely N-dealkylation sites (tertiary alicyclic amines) is 1. The SMILES string of the molecule is CN1CN=C(N)c2c(-c3cccc(OCc4ccccc4)c3)cn(C3CC(CN4CCC[C@@H]4CO)C3)c21. The van der Waals surface area contributed by atoms with Crippen molar-refractivity contribution in [2.75, 3.05) is 38.3 Å². The molecule has 1 aromatic heterocycles. The molecule has 6 rings (SSSR count). The van der Waals surface area contributed by atoms with Crippen LogP contribution >= 0.6 is 0 Å². The minimum absolute atomic E-state index is 0.280.